The van der Waals surface area contributed by atoms with Crippen molar-refractivity contribution in [2.45, 2.75) is 0 Å². The normalized spacial score (nSPS) is 9.65. The topological polar surface area (TPSA) is 77.4 Å². The van der Waals surface area contributed by atoms with Crippen LogP contribution in [-0.2, 0) is 0 Å². The summed E-state index contributed by atoms with van der Waals surface area (Å²) in [5.74, 6) is -2.75. The predicted molar refractivity (Wildman–Crippen MR) is 55.2 cm³/mol. The molecular weight excluding hydrogens is 247 g/mol. The molecule has 2 aromatic carbocycles. The van der Waals surface area contributed by atoms with Crippen LogP contribution in [0.25, 0.3) is 10.8 Å². The summed E-state index contributed by atoms with van der Waals surface area (Å²) in [5, 5.41) is 20.9. The van der Waals surface area contributed by atoms with Crippen molar-refractivity contribution in [2.75, 3.05) is 0 Å². The first kappa shape index (κ1) is 14.3. The number of carbonyl (C=O) groups is 2. The number of benzene rings is 2. The zero-order chi connectivity index (χ0) is 11.7. The largest absolute Gasteiger partial charge is 1.00 e. The third-order valence-corrected chi connectivity index (χ3v) is 2.36. The maximum Gasteiger partial charge on any atom is 1.00 e. The first-order valence-electron chi connectivity index (χ1n) is 4.57. The van der Waals surface area contributed by atoms with E-state index in [0.717, 1.165) is 0 Å². The van der Waals surface area contributed by atoms with Gasteiger partial charge in [0, 0.05) is 5.56 Å². The predicted octanol–water partition coefficient (Wildman–Crippen LogP) is -2.09. The van der Waals surface area contributed by atoms with Gasteiger partial charge in [0.1, 0.15) is 0 Å². The van der Waals surface area contributed by atoms with Crippen molar-refractivity contribution in [2.24, 2.45) is 0 Å². The Balaban J connectivity index is 0.00000144. The molecule has 1 N–H and O–H groups in total. The molecule has 0 unspecified atom stereocenters. The van der Waals surface area contributed by atoms with E-state index in [1.807, 2.05) is 0 Å². The van der Waals surface area contributed by atoms with Crippen molar-refractivity contribution in [3.8, 4) is 0 Å². The molecule has 5 heteroatoms. The number of carboxylic acid groups (broad SMARTS) is 2. The van der Waals surface area contributed by atoms with Crippen LogP contribution < -0.4 is 56.5 Å². The third-order valence-electron chi connectivity index (χ3n) is 2.36. The summed E-state index contributed by atoms with van der Waals surface area (Å²) in [7, 11) is 0. The van der Waals surface area contributed by atoms with Crippen LogP contribution in [0.4, 0.5) is 0 Å². The minimum absolute atomic E-state index is 0. The van der Waals surface area contributed by atoms with E-state index >= 15 is 0 Å². The average molecular weight is 254 g/mol. The Morgan fingerprint density at radius 1 is 1.06 bits per heavy atom. The molecule has 0 saturated heterocycles. The number of hydrogen-bond donors (Lipinski definition) is 1. The second kappa shape index (κ2) is 5.75. The summed E-state index contributed by atoms with van der Waals surface area (Å²) in [6, 6.07) is 9.53. The number of rotatable bonds is 2. The van der Waals surface area contributed by atoms with Crippen LogP contribution >= 0.6 is 0 Å². The average Bonchev–Trinajstić information content (AvgIpc) is 2.27. The molecule has 0 aliphatic heterocycles. The van der Waals surface area contributed by atoms with Crippen molar-refractivity contribution >= 4 is 22.7 Å². The molecule has 0 bridgehead atoms. The fraction of sp³-hybridized carbons (Fsp3) is 0. The Labute approximate surface area is 140 Å². The molecule has 4 nitrogen and oxygen atoms in total. The summed E-state index contributed by atoms with van der Waals surface area (Å²) in [5.41, 5.74) is -0.524. The molecule has 0 fully saturated rings. The van der Waals surface area contributed by atoms with Crippen LogP contribution in [0.15, 0.2) is 36.4 Å². The summed E-state index contributed by atoms with van der Waals surface area (Å²) in [4.78, 5) is 21.8. The molecular formula is C12H7KO4. The van der Waals surface area contributed by atoms with Gasteiger partial charge in [-0.2, -0.15) is 0 Å². The Kier molecular flexibility index (Phi) is 4.85. The van der Waals surface area contributed by atoms with Crippen molar-refractivity contribution in [1.29, 1.82) is 0 Å². The van der Waals surface area contributed by atoms with E-state index in [4.69, 9.17) is 5.11 Å². The number of fused-ring (bicyclic) bond motifs is 1. The molecule has 0 spiro atoms. The van der Waals surface area contributed by atoms with Gasteiger partial charge in [-0.05, 0) is 16.8 Å². The van der Waals surface area contributed by atoms with E-state index in [0.29, 0.717) is 10.8 Å². The van der Waals surface area contributed by atoms with E-state index in [-0.39, 0.29) is 62.5 Å². The van der Waals surface area contributed by atoms with Gasteiger partial charge in [0.2, 0.25) is 0 Å². The molecule has 0 aliphatic carbocycles. The van der Waals surface area contributed by atoms with Crippen molar-refractivity contribution in [3.63, 3.8) is 0 Å². The maximum atomic E-state index is 11.0. The molecule has 2 rings (SSSR count). The van der Waals surface area contributed by atoms with Gasteiger partial charge in [0.15, 0.2) is 0 Å². The zero-order valence-electron chi connectivity index (χ0n) is 9.14. The van der Waals surface area contributed by atoms with E-state index in [2.05, 4.69) is 0 Å². The Morgan fingerprint density at radius 2 is 1.71 bits per heavy atom. The number of hydrogen-bond acceptors (Lipinski definition) is 3. The van der Waals surface area contributed by atoms with Crippen molar-refractivity contribution < 1.29 is 71.2 Å². The van der Waals surface area contributed by atoms with Gasteiger partial charge in [-0.3, -0.25) is 0 Å². The number of aromatic carboxylic acids is 2. The van der Waals surface area contributed by atoms with Gasteiger partial charge in [0.25, 0.3) is 0 Å². The molecule has 0 atom stereocenters. The molecule has 0 aliphatic rings. The van der Waals surface area contributed by atoms with E-state index < -0.39 is 11.9 Å². The molecule has 17 heavy (non-hydrogen) atoms. The SMILES string of the molecule is O=C(O)c1ccc2ccccc2c1C(=O)[O-].[K+]. The van der Waals surface area contributed by atoms with Crippen LogP contribution in [-0.4, -0.2) is 17.0 Å². The molecule has 2 aromatic rings. The molecule has 0 aromatic heterocycles. The van der Waals surface area contributed by atoms with Crippen LogP contribution in [0.2, 0.25) is 0 Å². The smallest absolute Gasteiger partial charge is 0.545 e. The first-order chi connectivity index (χ1) is 7.61. The molecule has 0 amide bonds. The second-order valence-electron chi connectivity index (χ2n) is 3.30. The minimum Gasteiger partial charge on any atom is -0.545 e. The van der Waals surface area contributed by atoms with Gasteiger partial charge >= 0.3 is 57.4 Å². The van der Waals surface area contributed by atoms with E-state index in [9.17, 15) is 14.7 Å². The monoisotopic (exact) mass is 254 g/mol. The van der Waals surface area contributed by atoms with Crippen LogP contribution in [0, 0.1) is 0 Å². The summed E-state index contributed by atoms with van der Waals surface area (Å²) in [6.07, 6.45) is 0. The van der Waals surface area contributed by atoms with Crippen LogP contribution in [0.1, 0.15) is 20.7 Å². The van der Waals surface area contributed by atoms with Crippen LogP contribution in [0.3, 0.4) is 0 Å². The van der Waals surface area contributed by atoms with Gasteiger partial charge in [-0.15, -0.1) is 0 Å². The fourth-order valence-electron chi connectivity index (χ4n) is 1.67. The summed E-state index contributed by atoms with van der Waals surface area (Å²) >= 11 is 0. The van der Waals surface area contributed by atoms with Gasteiger partial charge in [0.05, 0.1) is 11.5 Å². The van der Waals surface area contributed by atoms with Gasteiger partial charge < -0.3 is 15.0 Å². The van der Waals surface area contributed by atoms with E-state index in [1.165, 1.54) is 6.07 Å². The third kappa shape index (κ3) is 2.75. The number of carboxylic acids is 2. The summed E-state index contributed by atoms with van der Waals surface area (Å²) < 4.78 is 0. The fourth-order valence-corrected chi connectivity index (χ4v) is 1.67. The Bertz CT molecular complexity index is 592. The maximum absolute atomic E-state index is 11.0. The molecule has 80 valence electrons. The van der Waals surface area contributed by atoms with Gasteiger partial charge in [-0.25, -0.2) is 4.79 Å². The Morgan fingerprint density at radius 3 is 2.29 bits per heavy atom. The molecule has 0 heterocycles. The standard InChI is InChI=1S/C12H8O4.K/c13-11(14)9-6-5-7-3-1-2-4-8(7)10(9)12(15)16;/h1-6H,(H,13,14)(H,15,16);/q;+1/p-1. The summed E-state index contributed by atoms with van der Waals surface area (Å²) in [6.45, 7) is 0. The van der Waals surface area contributed by atoms with Crippen molar-refractivity contribution in [3.05, 3.63) is 47.5 Å². The minimum atomic E-state index is -1.48. The second-order valence-corrected chi connectivity index (χ2v) is 3.30. The van der Waals surface area contributed by atoms with Gasteiger partial charge in [-0.1, -0.05) is 30.3 Å². The molecule has 0 radical (unpaired) electrons. The Hall–Kier alpha value is -0.724. The number of carbonyl (C=O) groups excluding carboxylic acids is 1. The molecule has 0 saturated carbocycles. The first-order valence-corrected chi connectivity index (χ1v) is 4.57. The van der Waals surface area contributed by atoms with Crippen molar-refractivity contribution in [1.82, 2.24) is 0 Å². The zero-order valence-corrected chi connectivity index (χ0v) is 12.3. The van der Waals surface area contributed by atoms with Crippen LogP contribution in [0.5, 0.6) is 0 Å². The quantitative estimate of drug-likeness (QED) is 0.623. The van der Waals surface area contributed by atoms with E-state index in [1.54, 1.807) is 30.3 Å².